The van der Waals surface area contributed by atoms with E-state index in [-0.39, 0.29) is 11.9 Å². The number of nitrogens with zero attached hydrogens (tertiary/aromatic N) is 3. The van der Waals surface area contributed by atoms with Crippen LogP contribution in [0.25, 0.3) is 5.69 Å². The Kier molecular flexibility index (Phi) is 7.86. The van der Waals surface area contributed by atoms with Crippen LogP contribution < -0.4 is 20.1 Å². The molecule has 0 aliphatic carbocycles. The molecule has 3 aromatic rings. The summed E-state index contributed by atoms with van der Waals surface area (Å²) in [5, 5.41) is 11.1. The van der Waals surface area contributed by atoms with Gasteiger partial charge in [0.15, 0.2) is 5.96 Å². The summed E-state index contributed by atoms with van der Waals surface area (Å²) in [7, 11) is 3.36. The second kappa shape index (κ2) is 11.0. The van der Waals surface area contributed by atoms with Gasteiger partial charge in [0.2, 0.25) is 0 Å². The van der Waals surface area contributed by atoms with Crippen LogP contribution in [0.2, 0.25) is 0 Å². The van der Waals surface area contributed by atoms with Crippen molar-refractivity contribution in [2.75, 3.05) is 27.2 Å². The van der Waals surface area contributed by atoms with E-state index in [2.05, 4.69) is 20.7 Å². The molecule has 1 aromatic heterocycles. The minimum absolute atomic E-state index is 0.0583. The van der Waals surface area contributed by atoms with Gasteiger partial charge in [0, 0.05) is 32.3 Å². The summed E-state index contributed by atoms with van der Waals surface area (Å²) in [6.45, 7) is 3.25. The molecule has 0 fully saturated rings. The summed E-state index contributed by atoms with van der Waals surface area (Å²) in [6, 6.07) is 15.7. The number of aliphatic imine (C=N–C) groups is 1. The molecular weight excluding hydrogens is 397 g/mol. The third kappa shape index (κ3) is 6.74. The lowest BCUT2D eigenvalue weighted by atomic mass is 10.3. The summed E-state index contributed by atoms with van der Waals surface area (Å²) >= 11 is 0. The first kappa shape index (κ1) is 22.1. The Hall–Kier alpha value is -3.55. The number of methoxy groups -OCH3 is 1. The van der Waals surface area contributed by atoms with Gasteiger partial charge in [0.1, 0.15) is 23.4 Å². The van der Waals surface area contributed by atoms with Gasteiger partial charge in [-0.2, -0.15) is 5.10 Å². The van der Waals surface area contributed by atoms with E-state index in [0.717, 1.165) is 29.3 Å². The van der Waals surface area contributed by atoms with Crippen molar-refractivity contribution >= 4 is 5.96 Å². The van der Waals surface area contributed by atoms with E-state index in [4.69, 9.17) is 9.47 Å². The number of guanidine groups is 1. The van der Waals surface area contributed by atoms with E-state index in [1.807, 2.05) is 43.5 Å². The fourth-order valence-corrected chi connectivity index (χ4v) is 2.95. The van der Waals surface area contributed by atoms with Crippen molar-refractivity contribution < 1.29 is 13.9 Å². The summed E-state index contributed by atoms with van der Waals surface area (Å²) in [4.78, 5) is 4.24. The molecule has 0 radical (unpaired) electrons. The maximum Gasteiger partial charge on any atom is 0.191 e. The predicted octanol–water partition coefficient (Wildman–Crippen LogP) is 3.20. The van der Waals surface area contributed by atoms with Gasteiger partial charge in [-0.1, -0.05) is 6.07 Å². The Morgan fingerprint density at radius 2 is 1.90 bits per heavy atom. The molecule has 2 aromatic carbocycles. The zero-order valence-corrected chi connectivity index (χ0v) is 18.0. The first-order chi connectivity index (χ1) is 15.1. The van der Waals surface area contributed by atoms with E-state index >= 15 is 0 Å². The molecule has 0 saturated heterocycles. The predicted molar refractivity (Wildman–Crippen MR) is 120 cm³/mol. The second-order valence-electron chi connectivity index (χ2n) is 6.97. The highest BCUT2D eigenvalue weighted by atomic mass is 19.1. The topological polar surface area (TPSA) is 72.7 Å². The van der Waals surface area contributed by atoms with Crippen molar-refractivity contribution in [2.24, 2.45) is 4.99 Å². The van der Waals surface area contributed by atoms with Crippen LogP contribution in [-0.4, -0.2) is 49.1 Å². The number of benzene rings is 2. The average Bonchev–Trinajstić information content (AvgIpc) is 3.25. The number of nitrogens with one attached hydrogen (secondary N) is 2. The number of ether oxygens (including phenoxy) is 2. The van der Waals surface area contributed by atoms with Gasteiger partial charge in [-0.25, -0.2) is 9.07 Å². The molecule has 1 unspecified atom stereocenters. The number of aromatic nitrogens is 2. The van der Waals surface area contributed by atoms with Crippen molar-refractivity contribution in [3.63, 3.8) is 0 Å². The van der Waals surface area contributed by atoms with Crippen LogP contribution in [0.1, 0.15) is 12.6 Å². The summed E-state index contributed by atoms with van der Waals surface area (Å²) in [5.74, 6) is 1.95. The maximum atomic E-state index is 13.1. The molecule has 1 atom stereocenters. The molecule has 164 valence electrons. The van der Waals surface area contributed by atoms with Crippen LogP contribution in [0.3, 0.4) is 0 Å². The normalized spacial score (nSPS) is 12.3. The van der Waals surface area contributed by atoms with Gasteiger partial charge >= 0.3 is 0 Å². The van der Waals surface area contributed by atoms with Crippen molar-refractivity contribution in [1.29, 1.82) is 0 Å². The van der Waals surface area contributed by atoms with Crippen LogP contribution >= 0.6 is 0 Å². The molecule has 2 N–H and O–H groups in total. The Morgan fingerprint density at radius 1 is 1.13 bits per heavy atom. The third-order valence-electron chi connectivity index (χ3n) is 4.57. The van der Waals surface area contributed by atoms with Crippen molar-refractivity contribution in [2.45, 2.75) is 19.4 Å². The summed E-state index contributed by atoms with van der Waals surface area (Å²) in [5.41, 5.74) is 1.75. The molecule has 0 bridgehead atoms. The monoisotopic (exact) mass is 425 g/mol. The molecule has 0 amide bonds. The molecule has 8 heteroatoms. The van der Waals surface area contributed by atoms with Crippen LogP contribution in [0.15, 0.2) is 65.8 Å². The number of rotatable bonds is 9. The molecule has 0 spiro atoms. The van der Waals surface area contributed by atoms with Crippen molar-refractivity contribution in [1.82, 2.24) is 20.4 Å². The average molecular weight is 426 g/mol. The molecule has 0 saturated carbocycles. The minimum atomic E-state index is -0.262. The Bertz CT molecular complexity index is 988. The lowest BCUT2D eigenvalue weighted by Crippen LogP contribution is -2.42. The number of halogens is 1. The third-order valence-corrected chi connectivity index (χ3v) is 4.57. The number of hydrogen-bond donors (Lipinski definition) is 2. The highest BCUT2D eigenvalue weighted by Crippen LogP contribution is 2.19. The Morgan fingerprint density at radius 3 is 2.65 bits per heavy atom. The second-order valence-corrected chi connectivity index (χ2v) is 6.97. The standard InChI is InChI=1S/C23H28FN5O2/c1-17(31-22-6-4-5-21(15-22)30-3)16-27-23(25-2)26-13-11-19-12-14-29(28-19)20-9-7-18(24)8-10-20/h4-10,12,14-15,17H,11,13,16H2,1-3H3,(H2,25,26,27). The van der Waals surface area contributed by atoms with Gasteiger partial charge in [0.05, 0.1) is 25.0 Å². The summed E-state index contributed by atoms with van der Waals surface area (Å²) in [6.07, 6.45) is 2.54. The van der Waals surface area contributed by atoms with E-state index in [1.54, 1.807) is 31.0 Å². The molecule has 31 heavy (non-hydrogen) atoms. The molecule has 1 heterocycles. The van der Waals surface area contributed by atoms with Crippen LogP contribution in [-0.2, 0) is 6.42 Å². The molecule has 0 aliphatic heterocycles. The van der Waals surface area contributed by atoms with Gasteiger partial charge in [-0.15, -0.1) is 0 Å². The van der Waals surface area contributed by atoms with E-state index in [1.165, 1.54) is 12.1 Å². The largest absolute Gasteiger partial charge is 0.497 e. The highest BCUT2D eigenvalue weighted by Gasteiger charge is 2.07. The quantitative estimate of drug-likeness (QED) is 0.407. The maximum absolute atomic E-state index is 13.1. The Labute approximate surface area is 181 Å². The number of hydrogen-bond acceptors (Lipinski definition) is 4. The Balaban J connectivity index is 1.42. The minimum Gasteiger partial charge on any atom is -0.497 e. The highest BCUT2D eigenvalue weighted by molar-refractivity contribution is 5.79. The zero-order valence-electron chi connectivity index (χ0n) is 18.0. The zero-order chi connectivity index (χ0) is 22.1. The van der Waals surface area contributed by atoms with Crippen LogP contribution in [0.4, 0.5) is 4.39 Å². The van der Waals surface area contributed by atoms with Crippen LogP contribution in [0.5, 0.6) is 11.5 Å². The van der Waals surface area contributed by atoms with Gasteiger partial charge in [-0.3, -0.25) is 4.99 Å². The van der Waals surface area contributed by atoms with Crippen molar-refractivity contribution in [3.8, 4) is 17.2 Å². The van der Waals surface area contributed by atoms with E-state index in [0.29, 0.717) is 19.0 Å². The summed E-state index contributed by atoms with van der Waals surface area (Å²) < 4.78 is 25.9. The fraction of sp³-hybridized carbons (Fsp3) is 0.304. The van der Waals surface area contributed by atoms with E-state index in [9.17, 15) is 4.39 Å². The van der Waals surface area contributed by atoms with Gasteiger partial charge in [-0.05, 0) is 49.4 Å². The van der Waals surface area contributed by atoms with Gasteiger partial charge < -0.3 is 20.1 Å². The first-order valence-corrected chi connectivity index (χ1v) is 10.1. The van der Waals surface area contributed by atoms with Crippen molar-refractivity contribution in [3.05, 3.63) is 72.3 Å². The smallest absolute Gasteiger partial charge is 0.191 e. The molecule has 7 nitrogen and oxygen atoms in total. The molecular formula is C23H28FN5O2. The van der Waals surface area contributed by atoms with E-state index < -0.39 is 0 Å². The molecule has 0 aliphatic rings. The van der Waals surface area contributed by atoms with Gasteiger partial charge in [0.25, 0.3) is 0 Å². The lowest BCUT2D eigenvalue weighted by molar-refractivity contribution is 0.223. The SMILES string of the molecule is CN=C(NCCc1ccn(-c2ccc(F)cc2)n1)NCC(C)Oc1cccc(OC)c1. The fourth-order valence-electron chi connectivity index (χ4n) is 2.95. The lowest BCUT2D eigenvalue weighted by Gasteiger charge is -2.18. The van der Waals surface area contributed by atoms with Crippen LogP contribution in [0, 0.1) is 5.82 Å². The molecule has 3 rings (SSSR count). The first-order valence-electron chi connectivity index (χ1n) is 10.1.